The Bertz CT molecular complexity index is 631. The summed E-state index contributed by atoms with van der Waals surface area (Å²) in [5.74, 6) is 5.26. The molecule has 6 heteroatoms. The summed E-state index contributed by atoms with van der Waals surface area (Å²) in [6.45, 7) is 0.213. The number of nitrogens with one attached hydrogen (secondary N) is 1. The number of thiophene rings is 1. The van der Waals surface area contributed by atoms with Gasteiger partial charge < -0.3 is 4.74 Å². The van der Waals surface area contributed by atoms with Crippen molar-refractivity contribution in [2.45, 2.75) is 6.61 Å². The Morgan fingerprint density at radius 1 is 1.42 bits per heavy atom. The van der Waals surface area contributed by atoms with Crippen molar-refractivity contribution in [2.24, 2.45) is 5.84 Å². The number of ether oxygens (including phenoxy) is 1. The van der Waals surface area contributed by atoms with Crippen LogP contribution in [0.15, 0.2) is 35.7 Å². The third kappa shape index (κ3) is 2.91. The minimum Gasteiger partial charge on any atom is -0.487 e. The van der Waals surface area contributed by atoms with E-state index in [0.717, 1.165) is 5.56 Å². The monoisotopic (exact) mass is 273 g/mol. The number of carbonyl (C=O) groups excluding carboxylic acids is 1. The molecule has 3 N–H and O–H groups in total. The van der Waals surface area contributed by atoms with E-state index in [2.05, 4.69) is 11.5 Å². The van der Waals surface area contributed by atoms with Crippen LogP contribution in [0.4, 0.5) is 0 Å². The summed E-state index contributed by atoms with van der Waals surface area (Å²) in [5, 5.41) is 10.7. The van der Waals surface area contributed by atoms with E-state index in [9.17, 15) is 4.79 Å². The number of nitriles is 1. The fraction of sp³-hybridized carbons (Fsp3) is 0.0769. The lowest BCUT2D eigenvalue weighted by atomic mass is 10.2. The molecule has 1 aromatic heterocycles. The number of carbonyl (C=O) groups is 1. The molecule has 0 saturated carbocycles. The van der Waals surface area contributed by atoms with Crippen LogP contribution in [0.25, 0.3) is 0 Å². The second-order valence-electron chi connectivity index (χ2n) is 3.65. The van der Waals surface area contributed by atoms with E-state index < -0.39 is 0 Å². The van der Waals surface area contributed by atoms with Gasteiger partial charge in [0.05, 0.1) is 10.4 Å². The Kier molecular flexibility index (Phi) is 4.13. The zero-order valence-electron chi connectivity index (χ0n) is 9.92. The summed E-state index contributed by atoms with van der Waals surface area (Å²) in [7, 11) is 0. The molecule has 1 heterocycles. The van der Waals surface area contributed by atoms with Crippen LogP contribution in [0.5, 0.6) is 5.75 Å². The molecule has 0 spiro atoms. The van der Waals surface area contributed by atoms with Gasteiger partial charge in [-0.15, -0.1) is 11.3 Å². The van der Waals surface area contributed by atoms with E-state index in [1.54, 1.807) is 35.7 Å². The van der Waals surface area contributed by atoms with Crippen LogP contribution >= 0.6 is 11.3 Å². The van der Waals surface area contributed by atoms with Crippen molar-refractivity contribution in [1.29, 1.82) is 5.26 Å². The number of hydrogen-bond donors (Lipinski definition) is 2. The maximum absolute atomic E-state index is 11.5. The lowest BCUT2D eigenvalue weighted by Crippen LogP contribution is -2.30. The molecule has 0 aliphatic carbocycles. The maximum atomic E-state index is 11.5. The molecule has 0 radical (unpaired) electrons. The lowest BCUT2D eigenvalue weighted by Gasteiger charge is -2.07. The molecule has 2 aromatic rings. The van der Waals surface area contributed by atoms with Gasteiger partial charge in [-0.2, -0.15) is 5.26 Å². The summed E-state index contributed by atoms with van der Waals surface area (Å²) in [5.41, 5.74) is 3.29. The molecule has 0 bridgehead atoms. The van der Waals surface area contributed by atoms with Gasteiger partial charge in [-0.1, -0.05) is 12.1 Å². The van der Waals surface area contributed by atoms with Gasteiger partial charge >= 0.3 is 0 Å². The van der Waals surface area contributed by atoms with Gasteiger partial charge in [0, 0.05) is 5.56 Å². The molecule has 1 aromatic carbocycles. The number of hydrogen-bond acceptors (Lipinski definition) is 5. The van der Waals surface area contributed by atoms with E-state index in [0.29, 0.717) is 16.2 Å². The van der Waals surface area contributed by atoms with Crippen LogP contribution in [0.1, 0.15) is 20.8 Å². The highest BCUT2D eigenvalue weighted by Gasteiger charge is 2.12. The van der Waals surface area contributed by atoms with Crippen LogP contribution in [0.3, 0.4) is 0 Å². The number of nitrogens with zero attached hydrogens (tertiary/aromatic N) is 1. The van der Waals surface area contributed by atoms with Crippen LogP contribution in [-0.2, 0) is 6.61 Å². The van der Waals surface area contributed by atoms with Gasteiger partial charge in [0.15, 0.2) is 0 Å². The highest BCUT2D eigenvalue weighted by molar-refractivity contribution is 7.12. The Balaban J connectivity index is 2.13. The zero-order chi connectivity index (χ0) is 13.7. The van der Waals surface area contributed by atoms with Gasteiger partial charge in [0.2, 0.25) is 0 Å². The first-order valence-corrected chi connectivity index (χ1v) is 6.33. The smallest absolute Gasteiger partial charge is 0.275 e. The summed E-state index contributed by atoms with van der Waals surface area (Å²) in [6, 6.07) is 10.8. The molecule has 1 amide bonds. The van der Waals surface area contributed by atoms with Crippen molar-refractivity contribution >= 4 is 17.2 Å². The quantitative estimate of drug-likeness (QED) is 0.505. The largest absolute Gasteiger partial charge is 0.487 e. The van der Waals surface area contributed by atoms with Crippen LogP contribution < -0.4 is 16.0 Å². The molecule has 2 rings (SSSR count). The van der Waals surface area contributed by atoms with Crippen molar-refractivity contribution in [3.8, 4) is 11.8 Å². The second-order valence-corrected chi connectivity index (χ2v) is 4.56. The zero-order valence-corrected chi connectivity index (χ0v) is 10.7. The topological polar surface area (TPSA) is 88.1 Å². The molecule has 96 valence electrons. The van der Waals surface area contributed by atoms with E-state index in [-0.39, 0.29) is 12.5 Å². The summed E-state index contributed by atoms with van der Waals surface area (Å²) in [4.78, 5) is 12.0. The Morgan fingerprint density at radius 3 is 2.95 bits per heavy atom. The standard InChI is InChI=1S/C13H11N3O2S/c14-7-9-3-1-2-4-11(9)18-8-10-5-6-19-12(10)13(17)16-15/h1-6H,8,15H2,(H,16,17). The first-order valence-electron chi connectivity index (χ1n) is 5.45. The summed E-state index contributed by atoms with van der Waals surface area (Å²) < 4.78 is 5.57. The summed E-state index contributed by atoms with van der Waals surface area (Å²) >= 11 is 1.29. The molecule has 5 nitrogen and oxygen atoms in total. The number of hydrazine groups is 1. The summed E-state index contributed by atoms with van der Waals surface area (Å²) in [6.07, 6.45) is 0. The molecule has 0 aliphatic rings. The number of nitrogen functional groups attached to an aromatic ring is 1. The molecule has 19 heavy (non-hydrogen) atoms. The van der Waals surface area contributed by atoms with Gasteiger partial charge in [-0.3, -0.25) is 10.2 Å². The van der Waals surface area contributed by atoms with Crippen molar-refractivity contribution < 1.29 is 9.53 Å². The molecule has 0 atom stereocenters. The van der Waals surface area contributed by atoms with Gasteiger partial charge in [-0.25, -0.2) is 5.84 Å². The van der Waals surface area contributed by atoms with Crippen LogP contribution in [0.2, 0.25) is 0 Å². The minimum absolute atomic E-state index is 0.213. The molecular weight excluding hydrogens is 262 g/mol. The van der Waals surface area contributed by atoms with Gasteiger partial charge in [0.25, 0.3) is 5.91 Å². The highest BCUT2D eigenvalue weighted by Crippen LogP contribution is 2.21. The number of para-hydroxylation sites is 1. The normalized spacial score (nSPS) is 9.68. The Labute approximate surface area is 114 Å². The molecule has 0 aliphatic heterocycles. The lowest BCUT2D eigenvalue weighted by molar-refractivity contribution is 0.0955. The maximum Gasteiger partial charge on any atom is 0.275 e. The van der Waals surface area contributed by atoms with E-state index in [1.807, 2.05) is 0 Å². The number of amides is 1. The fourth-order valence-electron chi connectivity index (χ4n) is 1.55. The predicted molar refractivity (Wildman–Crippen MR) is 71.5 cm³/mol. The Morgan fingerprint density at radius 2 is 2.21 bits per heavy atom. The number of benzene rings is 1. The van der Waals surface area contributed by atoms with Crippen LogP contribution in [0, 0.1) is 11.3 Å². The Hall–Kier alpha value is -2.36. The first kappa shape index (κ1) is 13.1. The predicted octanol–water partition coefficient (Wildman–Crippen LogP) is 1.80. The van der Waals surface area contributed by atoms with Crippen LogP contribution in [-0.4, -0.2) is 5.91 Å². The molecular formula is C13H11N3O2S. The minimum atomic E-state index is -0.345. The highest BCUT2D eigenvalue weighted by atomic mass is 32.1. The average Bonchev–Trinajstić information content (AvgIpc) is 2.93. The van der Waals surface area contributed by atoms with Gasteiger partial charge in [0.1, 0.15) is 18.4 Å². The first-order chi connectivity index (χ1) is 9.26. The molecule has 0 saturated heterocycles. The SMILES string of the molecule is N#Cc1ccccc1OCc1ccsc1C(=O)NN. The van der Waals surface area contributed by atoms with E-state index in [4.69, 9.17) is 15.8 Å². The second kappa shape index (κ2) is 6.00. The third-order valence-electron chi connectivity index (χ3n) is 2.47. The third-order valence-corrected chi connectivity index (χ3v) is 3.43. The fourth-order valence-corrected chi connectivity index (χ4v) is 2.37. The molecule has 0 unspecified atom stereocenters. The van der Waals surface area contributed by atoms with E-state index >= 15 is 0 Å². The average molecular weight is 273 g/mol. The number of nitrogens with two attached hydrogens (primary N) is 1. The number of rotatable bonds is 4. The van der Waals surface area contributed by atoms with E-state index in [1.165, 1.54) is 11.3 Å². The van der Waals surface area contributed by atoms with Crippen molar-refractivity contribution in [3.63, 3.8) is 0 Å². The van der Waals surface area contributed by atoms with Gasteiger partial charge in [-0.05, 0) is 23.6 Å². The van der Waals surface area contributed by atoms with Crippen molar-refractivity contribution in [2.75, 3.05) is 0 Å². The molecule has 0 fully saturated rings. The van der Waals surface area contributed by atoms with Crippen molar-refractivity contribution in [3.05, 3.63) is 51.7 Å². The van der Waals surface area contributed by atoms with Crippen molar-refractivity contribution in [1.82, 2.24) is 5.43 Å².